The first-order chi connectivity index (χ1) is 18.7. The molecule has 0 amide bonds. The predicted octanol–water partition coefficient (Wildman–Crippen LogP) is 3.53. The predicted molar refractivity (Wildman–Crippen MR) is 140 cm³/mol. The maximum absolute atomic E-state index is 4.73. The van der Waals surface area contributed by atoms with Gasteiger partial charge >= 0.3 is 0 Å². The number of aromatic nitrogens is 12. The number of aryl methyl sites for hydroxylation is 1. The van der Waals surface area contributed by atoms with Gasteiger partial charge in [-0.1, -0.05) is 0 Å². The zero-order valence-electron chi connectivity index (χ0n) is 20.1. The SMILES string of the molecule is Cc1cnc2c(cnn2Cc2nccc3c2cnn3-c2cncc3c2cnn3-c2ccnc3[nH]ncc23)c1. The molecule has 0 spiro atoms. The molecule has 0 aromatic carbocycles. The minimum atomic E-state index is 0.478. The minimum Gasteiger partial charge on any atom is -0.261 e. The molecule has 0 saturated carbocycles. The van der Waals surface area contributed by atoms with Crippen molar-refractivity contribution in [3.63, 3.8) is 0 Å². The average molecular weight is 499 g/mol. The van der Waals surface area contributed by atoms with Gasteiger partial charge < -0.3 is 0 Å². The van der Waals surface area contributed by atoms with Gasteiger partial charge in [-0.3, -0.25) is 15.1 Å². The average Bonchev–Trinajstić information content (AvgIpc) is 3.73. The molecule has 0 atom stereocenters. The number of hydrogen-bond acceptors (Lipinski definition) is 8. The smallest absolute Gasteiger partial charge is 0.158 e. The van der Waals surface area contributed by atoms with Crippen LogP contribution in [0.4, 0.5) is 0 Å². The van der Waals surface area contributed by atoms with Crippen LogP contribution in [0.5, 0.6) is 0 Å². The molecule has 38 heavy (non-hydrogen) atoms. The highest BCUT2D eigenvalue weighted by Crippen LogP contribution is 2.29. The van der Waals surface area contributed by atoms with Gasteiger partial charge in [-0.2, -0.15) is 20.4 Å². The molecule has 0 radical (unpaired) electrons. The number of hydrogen-bond donors (Lipinski definition) is 1. The van der Waals surface area contributed by atoms with Crippen molar-refractivity contribution in [1.29, 1.82) is 0 Å². The first kappa shape index (κ1) is 20.7. The molecule has 8 aromatic rings. The van der Waals surface area contributed by atoms with E-state index in [4.69, 9.17) is 5.10 Å². The summed E-state index contributed by atoms with van der Waals surface area (Å²) in [5.74, 6) is 0. The highest BCUT2D eigenvalue weighted by molar-refractivity contribution is 5.93. The van der Waals surface area contributed by atoms with Crippen molar-refractivity contribution in [1.82, 2.24) is 59.5 Å². The van der Waals surface area contributed by atoms with Gasteiger partial charge in [0.15, 0.2) is 11.3 Å². The Balaban J connectivity index is 1.25. The molecule has 8 rings (SSSR count). The van der Waals surface area contributed by atoms with E-state index in [1.165, 1.54) is 0 Å². The molecular formula is C26H18N12. The van der Waals surface area contributed by atoms with Gasteiger partial charge in [0, 0.05) is 34.7 Å². The number of aromatic amines is 1. The van der Waals surface area contributed by atoms with Gasteiger partial charge in [0.2, 0.25) is 0 Å². The summed E-state index contributed by atoms with van der Waals surface area (Å²) in [6.45, 7) is 2.50. The quantitative estimate of drug-likeness (QED) is 0.390. The second-order valence-electron chi connectivity index (χ2n) is 9.08. The van der Waals surface area contributed by atoms with E-state index in [0.717, 1.165) is 60.9 Å². The van der Waals surface area contributed by atoms with Crippen LogP contribution in [-0.4, -0.2) is 59.5 Å². The maximum atomic E-state index is 4.73. The Labute approximate surface area is 213 Å². The molecule has 0 aliphatic rings. The molecule has 182 valence electrons. The third kappa shape index (κ3) is 2.97. The van der Waals surface area contributed by atoms with E-state index < -0.39 is 0 Å². The van der Waals surface area contributed by atoms with Gasteiger partial charge in [-0.05, 0) is 30.7 Å². The van der Waals surface area contributed by atoms with Gasteiger partial charge in [0.05, 0.1) is 77.2 Å². The first-order valence-corrected chi connectivity index (χ1v) is 11.9. The lowest BCUT2D eigenvalue weighted by atomic mass is 10.2. The van der Waals surface area contributed by atoms with E-state index in [1.807, 2.05) is 57.9 Å². The Morgan fingerprint density at radius 3 is 2.55 bits per heavy atom. The van der Waals surface area contributed by atoms with Crippen LogP contribution in [0.3, 0.4) is 0 Å². The fourth-order valence-electron chi connectivity index (χ4n) is 4.98. The summed E-state index contributed by atoms with van der Waals surface area (Å²) in [5.41, 5.74) is 6.93. The lowest BCUT2D eigenvalue weighted by molar-refractivity contribution is 0.694. The zero-order valence-corrected chi connectivity index (χ0v) is 20.1. The molecule has 12 heteroatoms. The van der Waals surface area contributed by atoms with Crippen LogP contribution in [0.1, 0.15) is 11.3 Å². The summed E-state index contributed by atoms with van der Waals surface area (Å²) < 4.78 is 5.59. The van der Waals surface area contributed by atoms with Crippen molar-refractivity contribution >= 4 is 43.9 Å². The Hall–Kier alpha value is -5.52. The fraction of sp³-hybridized carbons (Fsp3) is 0.0769. The van der Waals surface area contributed by atoms with Crippen LogP contribution in [0.2, 0.25) is 0 Å². The van der Waals surface area contributed by atoms with Crippen LogP contribution < -0.4 is 0 Å². The molecule has 0 bridgehead atoms. The molecular weight excluding hydrogens is 480 g/mol. The summed E-state index contributed by atoms with van der Waals surface area (Å²) in [6.07, 6.45) is 16.2. The zero-order chi connectivity index (χ0) is 25.2. The van der Waals surface area contributed by atoms with Crippen LogP contribution in [-0.2, 0) is 6.54 Å². The van der Waals surface area contributed by atoms with Gasteiger partial charge in [-0.25, -0.2) is 24.0 Å². The number of pyridine rings is 4. The summed E-state index contributed by atoms with van der Waals surface area (Å²) in [6, 6.07) is 5.94. The molecule has 12 nitrogen and oxygen atoms in total. The third-order valence-corrected chi connectivity index (χ3v) is 6.76. The third-order valence-electron chi connectivity index (χ3n) is 6.76. The van der Waals surface area contributed by atoms with E-state index in [1.54, 1.807) is 31.0 Å². The number of nitrogens with one attached hydrogen (secondary N) is 1. The second kappa shape index (κ2) is 7.74. The molecule has 8 heterocycles. The van der Waals surface area contributed by atoms with Crippen LogP contribution in [0, 0.1) is 6.92 Å². The standard InChI is InChI=1S/C26H18N12/c1-15-6-16-8-32-36(26(16)30-7-15)14-20-17-10-33-37(21(17)2-4-28-20)23-12-27-13-24-18(23)11-34-38(24)22-3-5-29-25-19(22)9-31-35-25/h2-13H,14H2,1H3,(H,29,31,35). The highest BCUT2D eigenvalue weighted by Gasteiger charge is 2.17. The number of H-pyrrole nitrogens is 1. The Morgan fingerprint density at radius 2 is 1.61 bits per heavy atom. The van der Waals surface area contributed by atoms with E-state index in [2.05, 4.69) is 46.4 Å². The molecule has 0 fully saturated rings. The van der Waals surface area contributed by atoms with Crippen molar-refractivity contribution in [2.24, 2.45) is 0 Å². The molecule has 0 saturated heterocycles. The first-order valence-electron chi connectivity index (χ1n) is 11.9. The van der Waals surface area contributed by atoms with E-state index in [9.17, 15) is 0 Å². The second-order valence-corrected chi connectivity index (χ2v) is 9.08. The summed E-state index contributed by atoms with van der Waals surface area (Å²) in [7, 11) is 0. The van der Waals surface area contributed by atoms with E-state index >= 15 is 0 Å². The summed E-state index contributed by atoms with van der Waals surface area (Å²) in [4.78, 5) is 18.1. The molecule has 0 unspecified atom stereocenters. The van der Waals surface area contributed by atoms with Crippen LogP contribution in [0.15, 0.2) is 74.0 Å². The van der Waals surface area contributed by atoms with E-state index in [0.29, 0.717) is 12.2 Å². The number of rotatable bonds is 4. The van der Waals surface area contributed by atoms with Crippen molar-refractivity contribution in [3.05, 3.63) is 85.2 Å². The Bertz CT molecular complexity index is 2140. The topological polar surface area (TPSA) is 134 Å². The Kier molecular flexibility index (Phi) is 4.20. The highest BCUT2D eigenvalue weighted by atomic mass is 15.3. The van der Waals surface area contributed by atoms with Crippen molar-refractivity contribution in [2.45, 2.75) is 13.5 Å². The van der Waals surface area contributed by atoms with E-state index in [-0.39, 0.29) is 0 Å². The minimum absolute atomic E-state index is 0.478. The largest absolute Gasteiger partial charge is 0.261 e. The van der Waals surface area contributed by atoms with Crippen LogP contribution >= 0.6 is 0 Å². The van der Waals surface area contributed by atoms with Crippen LogP contribution in [0.25, 0.3) is 55.2 Å². The van der Waals surface area contributed by atoms with Crippen molar-refractivity contribution < 1.29 is 0 Å². The monoisotopic (exact) mass is 498 g/mol. The van der Waals surface area contributed by atoms with Gasteiger partial charge in [-0.15, -0.1) is 0 Å². The van der Waals surface area contributed by atoms with Crippen molar-refractivity contribution in [3.8, 4) is 11.4 Å². The molecule has 0 aliphatic carbocycles. The Morgan fingerprint density at radius 1 is 0.737 bits per heavy atom. The molecule has 8 aromatic heterocycles. The number of nitrogens with zero attached hydrogens (tertiary/aromatic N) is 11. The maximum Gasteiger partial charge on any atom is 0.158 e. The lowest BCUT2D eigenvalue weighted by Crippen LogP contribution is -2.05. The normalized spacial score (nSPS) is 11.9. The lowest BCUT2D eigenvalue weighted by Gasteiger charge is -2.08. The number of fused-ring (bicyclic) bond motifs is 4. The van der Waals surface area contributed by atoms with Gasteiger partial charge in [0.25, 0.3) is 0 Å². The summed E-state index contributed by atoms with van der Waals surface area (Å²) in [5, 5.41) is 24.7. The van der Waals surface area contributed by atoms with Gasteiger partial charge in [0.1, 0.15) is 0 Å². The molecule has 0 aliphatic heterocycles. The fourth-order valence-corrected chi connectivity index (χ4v) is 4.98. The van der Waals surface area contributed by atoms with Crippen molar-refractivity contribution in [2.75, 3.05) is 0 Å². The molecule has 1 N–H and O–H groups in total. The summed E-state index contributed by atoms with van der Waals surface area (Å²) >= 11 is 0.